The second-order valence-corrected chi connectivity index (χ2v) is 8.58. The molecule has 0 spiro atoms. The molecule has 29 heavy (non-hydrogen) atoms. The zero-order valence-electron chi connectivity index (χ0n) is 16.4. The number of likely N-dealkylation sites (N-methyl/N-ethyl adjacent to an activating group) is 1. The molecular formula is C21H22BrN3O3S. The SMILES string of the molecule is CCN(CC)CCN(C(=O)c1ccc(Br)cc1)c1nc2cc3c(cc2s1)OCO3. The highest BCUT2D eigenvalue weighted by molar-refractivity contribution is 9.10. The zero-order valence-corrected chi connectivity index (χ0v) is 18.8. The fourth-order valence-corrected chi connectivity index (χ4v) is 4.50. The highest BCUT2D eigenvalue weighted by atomic mass is 79.9. The summed E-state index contributed by atoms with van der Waals surface area (Å²) in [4.78, 5) is 22.2. The van der Waals surface area contributed by atoms with Crippen LogP contribution in [0.1, 0.15) is 24.2 Å². The molecule has 0 N–H and O–H groups in total. The van der Waals surface area contributed by atoms with Crippen LogP contribution in [-0.2, 0) is 0 Å². The Bertz CT molecular complexity index is 977. The summed E-state index contributed by atoms with van der Waals surface area (Å²) in [6.07, 6.45) is 0. The number of fused-ring (bicyclic) bond motifs is 2. The number of benzene rings is 2. The lowest BCUT2D eigenvalue weighted by molar-refractivity contribution is 0.0983. The van der Waals surface area contributed by atoms with Crippen LogP contribution in [-0.4, -0.2) is 48.8 Å². The third kappa shape index (κ3) is 4.24. The van der Waals surface area contributed by atoms with Crippen molar-refractivity contribution in [3.63, 3.8) is 0 Å². The molecule has 2 aromatic carbocycles. The van der Waals surface area contributed by atoms with E-state index in [0.29, 0.717) is 23.0 Å². The quantitative estimate of drug-likeness (QED) is 0.492. The normalized spacial score (nSPS) is 12.7. The highest BCUT2D eigenvalue weighted by Gasteiger charge is 2.23. The first-order valence-corrected chi connectivity index (χ1v) is 11.2. The first-order chi connectivity index (χ1) is 14.1. The van der Waals surface area contributed by atoms with Crippen molar-refractivity contribution in [2.24, 2.45) is 0 Å². The summed E-state index contributed by atoms with van der Waals surface area (Å²) in [5.41, 5.74) is 1.45. The number of hydrogen-bond donors (Lipinski definition) is 0. The summed E-state index contributed by atoms with van der Waals surface area (Å²) in [6.45, 7) is 7.73. The van der Waals surface area contributed by atoms with Crippen LogP contribution < -0.4 is 14.4 Å². The molecule has 0 saturated heterocycles. The maximum Gasteiger partial charge on any atom is 0.260 e. The van der Waals surface area contributed by atoms with Gasteiger partial charge in [0, 0.05) is 35.3 Å². The van der Waals surface area contributed by atoms with Crippen molar-refractivity contribution < 1.29 is 14.3 Å². The minimum absolute atomic E-state index is 0.0521. The van der Waals surface area contributed by atoms with Gasteiger partial charge in [0.05, 0.1) is 10.2 Å². The van der Waals surface area contributed by atoms with Crippen molar-refractivity contribution in [2.45, 2.75) is 13.8 Å². The van der Waals surface area contributed by atoms with Crippen LogP contribution in [0.15, 0.2) is 40.9 Å². The molecule has 0 saturated carbocycles. The number of carbonyl (C=O) groups is 1. The summed E-state index contributed by atoms with van der Waals surface area (Å²) >= 11 is 4.92. The Morgan fingerprint density at radius 2 is 1.79 bits per heavy atom. The fraction of sp³-hybridized carbons (Fsp3) is 0.333. The van der Waals surface area contributed by atoms with Gasteiger partial charge in [-0.1, -0.05) is 41.1 Å². The number of aromatic nitrogens is 1. The van der Waals surface area contributed by atoms with Gasteiger partial charge in [-0.25, -0.2) is 4.98 Å². The smallest absolute Gasteiger partial charge is 0.260 e. The Hall–Kier alpha value is -2.16. The van der Waals surface area contributed by atoms with E-state index in [1.807, 2.05) is 36.4 Å². The number of nitrogens with zero attached hydrogens (tertiary/aromatic N) is 3. The Morgan fingerprint density at radius 1 is 1.10 bits per heavy atom. The van der Waals surface area contributed by atoms with E-state index in [4.69, 9.17) is 14.5 Å². The number of anilines is 1. The lowest BCUT2D eigenvalue weighted by Crippen LogP contribution is -2.38. The molecule has 152 valence electrons. The fourth-order valence-electron chi connectivity index (χ4n) is 3.23. The molecule has 0 bridgehead atoms. The molecule has 1 amide bonds. The summed E-state index contributed by atoms with van der Waals surface area (Å²) in [5.74, 6) is 1.37. The second-order valence-electron chi connectivity index (χ2n) is 6.66. The number of halogens is 1. The van der Waals surface area contributed by atoms with Gasteiger partial charge in [0.15, 0.2) is 16.6 Å². The molecular weight excluding hydrogens is 454 g/mol. The van der Waals surface area contributed by atoms with Gasteiger partial charge in [0.1, 0.15) is 0 Å². The van der Waals surface area contributed by atoms with Gasteiger partial charge in [0.2, 0.25) is 6.79 Å². The highest BCUT2D eigenvalue weighted by Crippen LogP contribution is 2.40. The predicted octanol–water partition coefficient (Wildman–Crippen LogP) is 4.78. The topological polar surface area (TPSA) is 54.9 Å². The zero-order chi connectivity index (χ0) is 20.4. The molecule has 0 radical (unpaired) electrons. The van der Waals surface area contributed by atoms with Crippen molar-refractivity contribution in [1.29, 1.82) is 0 Å². The monoisotopic (exact) mass is 475 g/mol. The minimum Gasteiger partial charge on any atom is -0.454 e. The molecule has 8 heteroatoms. The van der Waals surface area contributed by atoms with Crippen LogP contribution in [0.3, 0.4) is 0 Å². The number of hydrogen-bond acceptors (Lipinski definition) is 6. The van der Waals surface area contributed by atoms with Gasteiger partial charge in [-0.2, -0.15) is 0 Å². The van der Waals surface area contributed by atoms with Gasteiger partial charge < -0.3 is 14.4 Å². The van der Waals surface area contributed by atoms with E-state index in [1.165, 1.54) is 11.3 Å². The van der Waals surface area contributed by atoms with Gasteiger partial charge in [-0.3, -0.25) is 9.69 Å². The summed E-state index contributed by atoms with van der Waals surface area (Å²) in [7, 11) is 0. The molecule has 1 aliphatic rings. The van der Waals surface area contributed by atoms with E-state index in [1.54, 1.807) is 4.90 Å². The number of carbonyl (C=O) groups excluding carboxylic acids is 1. The molecule has 3 aromatic rings. The average Bonchev–Trinajstić information content (AvgIpc) is 3.35. The van der Waals surface area contributed by atoms with Crippen LogP contribution in [0, 0.1) is 0 Å². The van der Waals surface area contributed by atoms with E-state index in [-0.39, 0.29) is 12.7 Å². The molecule has 1 aromatic heterocycles. The molecule has 0 atom stereocenters. The van der Waals surface area contributed by atoms with E-state index in [2.05, 4.69) is 34.7 Å². The molecule has 0 unspecified atom stereocenters. The summed E-state index contributed by atoms with van der Waals surface area (Å²) in [6, 6.07) is 11.2. The van der Waals surface area contributed by atoms with Crippen molar-refractivity contribution in [3.8, 4) is 11.5 Å². The van der Waals surface area contributed by atoms with Crippen molar-refractivity contribution in [3.05, 3.63) is 46.4 Å². The Morgan fingerprint density at radius 3 is 2.48 bits per heavy atom. The van der Waals surface area contributed by atoms with Crippen LogP contribution in [0.5, 0.6) is 11.5 Å². The molecule has 1 aliphatic heterocycles. The third-order valence-electron chi connectivity index (χ3n) is 4.97. The van der Waals surface area contributed by atoms with Crippen molar-refractivity contribution in [2.75, 3.05) is 37.9 Å². The Kier molecular flexibility index (Phi) is 6.03. The van der Waals surface area contributed by atoms with E-state index in [9.17, 15) is 4.79 Å². The first kappa shape index (κ1) is 20.1. The maximum absolute atomic E-state index is 13.3. The largest absolute Gasteiger partial charge is 0.454 e. The van der Waals surface area contributed by atoms with Gasteiger partial charge in [-0.05, 0) is 37.4 Å². The van der Waals surface area contributed by atoms with Crippen LogP contribution >= 0.6 is 27.3 Å². The molecule has 2 heterocycles. The van der Waals surface area contributed by atoms with Gasteiger partial charge in [0.25, 0.3) is 5.91 Å². The standard InChI is InChI=1S/C21H22BrN3O3S/c1-3-24(4-2)9-10-25(20(26)14-5-7-15(22)8-6-14)21-23-16-11-17-18(28-13-27-17)12-19(16)29-21/h5-8,11-12H,3-4,9-10,13H2,1-2H3. The lowest BCUT2D eigenvalue weighted by atomic mass is 10.2. The molecule has 4 rings (SSSR count). The predicted molar refractivity (Wildman–Crippen MR) is 119 cm³/mol. The minimum atomic E-state index is -0.0521. The Balaban J connectivity index is 1.68. The number of ether oxygens (including phenoxy) is 2. The van der Waals surface area contributed by atoms with Crippen LogP contribution in [0.25, 0.3) is 10.2 Å². The van der Waals surface area contributed by atoms with Crippen LogP contribution in [0.4, 0.5) is 5.13 Å². The number of amides is 1. The van der Waals surface area contributed by atoms with Crippen molar-refractivity contribution >= 4 is 48.5 Å². The molecule has 6 nitrogen and oxygen atoms in total. The van der Waals surface area contributed by atoms with E-state index >= 15 is 0 Å². The summed E-state index contributed by atoms with van der Waals surface area (Å²) in [5, 5.41) is 0.684. The third-order valence-corrected chi connectivity index (χ3v) is 6.54. The van der Waals surface area contributed by atoms with Crippen LogP contribution in [0.2, 0.25) is 0 Å². The molecule has 0 fully saturated rings. The Labute approximate surface area is 182 Å². The summed E-state index contributed by atoms with van der Waals surface area (Å²) < 4.78 is 12.9. The average molecular weight is 476 g/mol. The van der Waals surface area contributed by atoms with Gasteiger partial charge in [-0.15, -0.1) is 0 Å². The van der Waals surface area contributed by atoms with Crippen molar-refractivity contribution in [1.82, 2.24) is 9.88 Å². The number of rotatable bonds is 7. The van der Waals surface area contributed by atoms with E-state index < -0.39 is 0 Å². The van der Waals surface area contributed by atoms with E-state index in [0.717, 1.165) is 40.1 Å². The lowest BCUT2D eigenvalue weighted by Gasteiger charge is -2.24. The van der Waals surface area contributed by atoms with Gasteiger partial charge >= 0.3 is 0 Å². The maximum atomic E-state index is 13.3. The molecule has 0 aliphatic carbocycles. The number of thiazole rings is 1. The first-order valence-electron chi connectivity index (χ1n) is 9.59. The second kappa shape index (κ2) is 8.69.